The number of hydrogen-bond acceptors (Lipinski definition) is 4. The van der Waals surface area contributed by atoms with Crippen molar-refractivity contribution in [2.75, 3.05) is 18.9 Å². The number of anilines is 1. The molecule has 1 fully saturated rings. The van der Waals surface area contributed by atoms with E-state index in [1.807, 2.05) is 18.2 Å². The molecule has 3 N–H and O–H groups in total. The Morgan fingerprint density at radius 3 is 2.76 bits per heavy atom. The summed E-state index contributed by atoms with van der Waals surface area (Å²) < 4.78 is 11.2. The third-order valence-corrected chi connectivity index (χ3v) is 4.44. The number of rotatable bonds is 3. The van der Waals surface area contributed by atoms with Gasteiger partial charge in [-0.15, -0.1) is 0 Å². The fraction of sp³-hybridized carbons (Fsp3) is 0.438. The van der Waals surface area contributed by atoms with E-state index in [9.17, 15) is 0 Å². The molecule has 0 bridgehead atoms. The van der Waals surface area contributed by atoms with Crippen LogP contribution >= 0.6 is 0 Å². The van der Waals surface area contributed by atoms with E-state index in [1.165, 1.54) is 12.8 Å². The largest absolute Gasteiger partial charge is 0.486 e. The van der Waals surface area contributed by atoms with Crippen LogP contribution in [0.2, 0.25) is 0 Å². The normalized spacial score (nSPS) is 18.5. The summed E-state index contributed by atoms with van der Waals surface area (Å²) in [7, 11) is 0. The van der Waals surface area contributed by atoms with Gasteiger partial charge in [-0.2, -0.15) is 5.10 Å². The second kappa shape index (κ2) is 4.69. The van der Waals surface area contributed by atoms with Crippen molar-refractivity contribution in [2.45, 2.75) is 25.7 Å². The second-order valence-corrected chi connectivity index (χ2v) is 5.88. The predicted octanol–water partition coefficient (Wildman–Crippen LogP) is 2.94. The Balaban J connectivity index is 1.77. The van der Waals surface area contributed by atoms with Crippen molar-refractivity contribution >= 4 is 5.82 Å². The van der Waals surface area contributed by atoms with Gasteiger partial charge in [0.25, 0.3) is 0 Å². The molecule has 1 aromatic carbocycles. The summed E-state index contributed by atoms with van der Waals surface area (Å²) in [5, 5.41) is 7.34. The molecule has 2 aliphatic rings. The Morgan fingerprint density at radius 2 is 2.00 bits per heavy atom. The highest BCUT2D eigenvalue weighted by Gasteiger charge is 2.32. The number of aromatic amines is 1. The molecule has 1 unspecified atom stereocenters. The molecule has 1 aromatic heterocycles. The van der Waals surface area contributed by atoms with Crippen LogP contribution in [0.5, 0.6) is 11.5 Å². The number of nitrogen functional groups attached to an aromatic ring is 1. The summed E-state index contributed by atoms with van der Waals surface area (Å²) in [6.45, 7) is 3.43. The number of H-pyrrole nitrogens is 1. The van der Waals surface area contributed by atoms with E-state index >= 15 is 0 Å². The molecule has 5 heteroatoms. The first-order valence-corrected chi connectivity index (χ1v) is 7.48. The van der Waals surface area contributed by atoms with Crippen LogP contribution in [0.1, 0.15) is 31.4 Å². The van der Waals surface area contributed by atoms with Crippen LogP contribution in [0.4, 0.5) is 5.82 Å². The van der Waals surface area contributed by atoms with Crippen LogP contribution < -0.4 is 15.2 Å². The van der Waals surface area contributed by atoms with Crippen LogP contribution in [-0.2, 0) is 0 Å². The molecule has 1 atom stereocenters. The van der Waals surface area contributed by atoms with Gasteiger partial charge in [-0.25, -0.2) is 0 Å². The summed E-state index contributed by atoms with van der Waals surface area (Å²) in [6.07, 6.45) is 2.58. The fourth-order valence-electron chi connectivity index (χ4n) is 3.03. The van der Waals surface area contributed by atoms with E-state index < -0.39 is 0 Å². The number of nitrogens with one attached hydrogen (secondary N) is 1. The van der Waals surface area contributed by atoms with Crippen LogP contribution in [0.3, 0.4) is 0 Å². The highest BCUT2D eigenvalue weighted by molar-refractivity contribution is 5.78. The quantitative estimate of drug-likeness (QED) is 0.909. The van der Waals surface area contributed by atoms with Gasteiger partial charge in [-0.3, -0.25) is 5.10 Å². The summed E-state index contributed by atoms with van der Waals surface area (Å²) in [4.78, 5) is 0. The summed E-state index contributed by atoms with van der Waals surface area (Å²) in [5.74, 6) is 3.33. The number of nitrogens with zero attached hydrogens (tertiary/aromatic N) is 1. The van der Waals surface area contributed by atoms with Crippen molar-refractivity contribution in [1.29, 1.82) is 0 Å². The van der Waals surface area contributed by atoms with Gasteiger partial charge in [0, 0.05) is 17.2 Å². The molecule has 1 aliphatic heterocycles. The second-order valence-electron chi connectivity index (χ2n) is 5.88. The standard InChI is InChI=1S/C16H19N3O2/c1-9(10-2-3-10)15-14(16(17)19-18-15)11-4-5-12-13(8-11)21-7-6-20-12/h4-5,8-10H,2-3,6-7H2,1H3,(H3,17,18,19). The van der Waals surface area contributed by atoms with Gasteiger partial charge in [-0.1, -0.05) is 13.0 Å². The third kappa shape index (κ3) is 2.13. The average Bonchev–Trinajstić information content (AvgIpc) is 3.29. The van der Waals surface area contributed by atoms with E-state index in [-0.39, 0.29) is 0 Å². The zero-order chi connectivity index (χ0) is 14.4. The lowest BCUT2D eigenvalue weighted by Gasteiger charge is -2.19. The summed E-state index contributed by atoms with van der Waals surface area (Å²) in [6, 6.07) is 5.97. The van der Waals surface area contributed by atoms with Gasteiger partial charge in [0.2, 0.25) is 0 Å². The van der Waals surface area contributed by atoms with E-state index in [2.05, 4.69) is 17.1 Å². The highest BCUT2D eigenvalue weighted by atomic mass is 16.6. The lowest BCUT2D eigenvalue weighted by atomic mass is 9.94. The molecule has 0 spiro atoms. The molecule has 4 rings (SSSR count). The van der Waals surface area contributed by atoms with Crippen LogP contribution in [0.15, 0.2) is 18.2 Å². The van der Waals surface area contributed by atoms with Crippen molar-refractivity contribution in [2.24, 2.45) is 5.92 Å². The molecule has 0 saturated heterocycles. The first-order chi connectivity index (χ1) is 10.2. The maximum absolute atomic E-state index is 6.09. The molecule has 2 heterocycles. The van der Waals surface area contributed by atoms with Crippen LogP contribution in [0.25, 0.3) is 11.1 Å². The summed E-state index contributed by atoms with van der Waals surface area (Å²) in [5.41, 5.74) is 9.27. The first-order valence-electron chi connectivity index (χ1n) is 7.48. The average molecular weight is 285 g/mol. The minimum Gasteiger partial charge on any atom is -0.486 e. The van der Waals surface area contributed by atoms with Gasteiger partial charge in [0.1, 0.15) is 13.2 Å². The monoisotopic (exact) mass is 285 g/mol. The molecule has 0 radical (unpaired) electrons. The lowest BCUT2D eigenvalue weighted by Crippen LogP contribution is -2.15. The maximum atomic E-state index is 6.09. The molecule has 110 valence electrons. The minimum absolute atomic E-state index is 0.456. The molecular formula is C16H19N3O2. The Hall–Kier alpha value is -2.17. The third-order valence-electron chi connectivity index (χ3n) is 4.44. The molecule has 2 aromatic rings. The molecule has 5 nitrogen and oxygen atoms in total. The van der Waals surface area contributed by atoms with E-state index in [1.54, 1.807) is 0 Å². The number of nitrogens with two attached hydrogens (primary N) is 1. The first kappa shape index (κ1) is 12.6. The van der Waals surface area contributed by atoms with Crippen molar-refractivity contribution in [3.8, 4) is 22.6 Å². The van der Waals surface area contributed by atoms with Crippen molar-refractivity contribution < 1.29 is 9.47 Å². The maximum Gasteiger partial charge on any atom is 0.161 e. The number of ether oxygens (including phenoxy) is 2. The van der Waals surface area contributed by atoms with Crippen molar-refractivity contribution in [1.82, 2.24) is 10.2 Å². The van der Waals surface area contributed by atoms with Crippen LogP contribution in [-0.4, -0.2) is 23.4 Å². The van der Waals surface area contributed by atoms with E-state index in [4.69, 9.17) is 15.2 Å². The predicted molar refractivity (Wildman–Crippen MR) is 80.6 cm³/mol. The van der Waals surface area contributed by atoms with E-state index in [0.717, 1.165) is 34.2 Å². The van der Waals surface area contributed by atoms with Crippen molar-refractivity contribution in [3.05, 3.63) is 23.9 Å². The smallest absolute Gasteiger partial charge is 0.161 e. The minimum atomic E-state index is 0.456. The molecule has 1 saturated carbocycles. The SMILES string of the molecule is CC(c1[nH]nc(N)c1-c1ccc2c(c1)OCCO2)C1CC1. The molecular weight excluding hydrogens is 266 g/mol. The van der Waals surface area contributed by atoms with Crippen LogP contribution in [0, 0.1) is 5.92 Å². The molecule has 1 aliphatic carbocycles. The summed E-state index contributed by atoms with van der Waals surface area (Å²) >= 11 is 0. The number of hydrogen-bond donors (Lipinski definition) is 2. The number of aromatic nitrogens is 2. The van der Waals surface area contributed by atoms with Gasteiger partial charge in [-0.05, 0) is 36.5 Å². The highest BCUT2D eigenvalue weighted by Crippen LogP contribution is 2.46. The van der Waals surface area contributed by atoms with E-state index in [0.29, 0.717) is 24.9 Å². The van der Waals surface area contributed by atoms with Crippen molar-refractivity contribution in [3.63, 3.8) is 0 Å². The van der Waals surface area contributed by atoms with Gasteiger partial charge in [0.15, 0.2) is 17.3 Å². The fourth-order valence-corrected chi connectivity index (χ4v) is 3.03. The lowest BCUT2D eigenvalue weighted by molar-refractivity contribution is 0.171. The van der Waals surface area contributed by atoms with Gasteiger partial charge >= 0.3 is 0 Å². The molecule has 0 amide bonds. The molecule has 21 heavy (non-hydrogen) atoms. The Kier molecular flexibility index (Phi) is 2.80. The van der Waals surface area contributed by atoms with Gasteiger partial charge < -0.3 is 15.2 Å². The topological polar surface area (TPSA) is 73.2 Å². The number of benzene rings is 1. The zero-order valence-corrected chi connectivity index (χ0v) is 12.1. The van der Waals surface area contributed by atoms with Gasteiger partial charge in [0.05, 0.1) is 0 Å². The Morgan fingerprint density at radius 1 is 1.24 bits per heavy atom. The Labute approximate surface area is 123 Å². The zero-order valence-electron chi connectivity index (χ0n) is 12.1. The number of fused-ring (bicyclic) bond motifs is 1. The Bertz CT molecular complexity index is 676.